The molecule has 0 aliphatic carbocycles. The van der Waals surface area contributed by atoms with Crippen LogP contribution in [0.25, 0.3) is 10.8 Å². The molecule has 0 aliphatic heterocycles. The van der Waals surface area contributed by atoms with Crippen LogP contribution in [-0.2, 0) is 0 Å². The molecule has 2 aromatic rings. The summed E-state index contributed by atoms with van der Waals surface area (Å²) >= 11 is 0. The van der Waals surface area contributed by atoms with E-state index in [2.05, 4.69) is 51.3 Å². The summed E-state index contributed by atoms with van der Waals surface area (Å²) in [5.74, 6) is 1.88. The van der Waals surface area contributed by atoms with E-state index in [1.54, 1.807) is 0 Å². The molecule has 0 amide bonds. The maximum absolute atomic E-state index is 6.04. The monoisotopic (exact) mass is 324 g/mol. The van der Waals surface area contributed by atoms with Gasteiger partial charge in [-0.1, -0.05) is 12.2 Å². The summed E-state index contributed by atoms with van der Waals surface area (Å²) in [6.45, 7) is 13.1. The van der Waals surface area contributed by atoms with E-state index in [0.717, 1.165) is 48.0 Å². The van der Waals surface area contributed by atoms with Gasteiger partial charge in [0, 0.05) is 10.8 Å². The van der Waals surface area contributed by atoms with Crippen LogP contribution >= 0.6 is 0 Å². The van der Waals surface area contributed by atoms with E-state index in [0.29, 0.717) is 13.2 Å². The number of benzene rings is 2. The number of unbranched alkanes of at least 4 members (excludes halogenated alkanes) is 2. The standard InChI is InChI=1S/C22H28O2/c1-5-7-9-11-23-21-15-17(3)14-20-19(21)13-18(4)16-22(20)24-12-10-8-6-2/h5-6,13-16H,1-2,7-12H2,3-4H3. The summed E-state index contributed by atoms with van der Waals surface area (Å²) in [7, 11) is 0. The Bertz CT molecular complexity index is 639. The van der Waals surface area contributed by atoms with Crippen molar-refractivity contribution in [1.29, 1.82) is 0 Å². The molecule has 0 fully saturated rings. The molecule has 2 nitrogen and oxygen atoms in total. The minimum atomic E-state index is 0.702. The molecule has 0 heterocycles. The minimum Gasteiger partial charge on any atom is -0.493 e. The van der Waals surface area contributed by atoms with Gasteiger partial charge in [-0.25, -0.2) is 0 Å². The van der Waals surface area contributed by atoms with Crippen LogP contribution in [-0.4, -0.2) is 13.2 Å². The fourth-order valence-corrected chi connectivity index (χ4v) is 2.73. The van der Waals surface area contributed by atoms with Crippen LogP contribution in [0.15, 0.2) is 49.6 Å². The van der Waals surface area contributed by atoms with E-state index in [1.807, 2.05) is 12.2 Å². The maximum atomic E-state index is 6.04. The first-order chi connectivity index (χ1) is 11.7. The third-order valence-corrected chi connectivity index (χ3v) is 3.90. The molecule has 2 rings (SSSR count). The molecule has 2 aromatic carbocycles. The van der Waals surface area contributed by atoms with E-state index in [1.165, 1.54) is 11.1 Å². The van der Waals surface area contributed by atoms with Crippen molar-refractivity contribution in [2.75, 3.05) is 13.2 Å². The summed E-state index contributed by atoms with van der Waals surface area (Å²) in [5.41, 5.74) is 2.36. The molecule has 128 valence electrons. The smallest absolute Gasteiger partial charge is 0.127 e. The first-order valence-electron chi connectivity index (χ1n) is 8.68. The van der Waals surface area contributed by atoms with Crippen molar-refractivity contribution in [3.05, 3.63) is 60.7 Å². The lowest BCUT2D eigenvalue weighted by Crippen LogP contribution is -2.00. The van der Waals surface area contributed by atoms with Crippen molar-refractivity contribution in [1.82, 2.24) is 0 Å². The minimum absolute atomic E-state index is 0.702. The molecule has 0 saturated carbocycles. The van der Waals surface area contributed by atoms with Crippen LogP contribution in [0.4, 0.5) is 0 Å². The summed E-state index contributed by atoms with van der Waals surface area (Å²) in [4.78, 5) is 0. The molecule has 0 N–H and O–H groups in total. The molecular weight excluding hydrogens is 296 g/mol. The molecule has 0 saturated heterocycles. The van der Waals surface area contributed by atoms with Crippen LogP contribution in [0.5, 0.6) is 11.5 Å². The molecule has 24 heavy (non-hydrogen) atoms. The van der Waals surface area contributed by atoms with Crippen molar-refractivity contribution >= 4 is 10.8 Å². The van der Waals surface area contributed by atoms with Gasteiger partial charge in [0.2, 0.25) is 0 Å². The van der Waals surface area contributed by atoms with Gasteiger partial charge >= 0.3 is 0 Å². The highest BCUT2D eigenvalue weighted by molar-refractivity contribution is 5.94. The molecule has 0 aliphatic rings. The number of fused-ring (bicyclic) bond motifs is 1. The van der Waals surface area contributed by atoms with E-state index in [9.17, 15) is 0 Å². The number of allylic oxidation sites excluding steroid dienone is 2. The topological polar surface area (TPSA) is 18.5 Å². The summed E-state index contributed by atoms with van der Waals surface area (Å²) < 4.78 is 12.1. The molecule has 0 spiro atoms. The number of aryl methyl sites for hydroxylation is 2. The zero-order valence-electron chi connectivity index (χ0n) is 14.9. The SMILES string of the molecule is C=CCCCOc1cc(C)cc2c(OCCCC=C)cc(C)cc12. The van der Waals surface area contributed by atoms with E-state index in [4.69, 9.17) is 9.47 Å². The van der Waals surface area contributed by atoms with Gasteiger partial charge in [0.15, 0.2) is 0 Å². The fraction of sp³-hybridized carbons (Fsp3) is 0.364. The van der Waals surface area contributed by atoms with Gasteiger partial charge in [-0.05, 0) is 74.9 Å². The lowest BCUT2D eigenvalue weighted by Gasteiger charge is -2.15. The van der Waals surface area contributed by atoms with Gasteiger partial charge in [-0.2, -0.15) is 0 Å². The lowest BCUT2D eigenvalue weighted by atomic mass is 10.0. The Kier molecular flexibility index (Phi) is 6.92. The summed E-state index contributed by atoms with van der Waals surface area (Å²) in [5, 5.41) is 2.25. The van der Waals surface area contributed by atoms with E-state index < -0.39 is 0 Å². The predicted molar refractivity (Wildman–Crippen MR) is 103 cm³/mol. The fourth-order valence-electron chi connectivity index (χ4n) is 2.73. The van der Waals surface area contributed by atoms with Gasteiger partial charge < -0.3 is 9.47 Å². The Morgan fingerprint density at radius 3 is 1.54 bits per heavy atom. The average molecular weight is 324 g/mol. The third kappa shape index (κ3) is 4.89. The van der Waals surface area contributed by atoms with Crippen LogP contribution in [0.3, 0.4) is 0 Å². The maximum Gasteiger partial charge on any atom is 0.127 e. The van der Waals surface area contributed by atoms with Crippen LogP contribution in [0, 0.1) is 13.8 Å². The molecule has 0 aromatic heterocycles. The second kappa shape index (κ2) is 9.17. The second-order valence-corrected chi connectivity index (χ2v) is 6.18. The van der Waals surface area contributed by atoms with Gasteiger partial charge in [0.05, 0.1) is 13.2 Å². The average Bonchev–Trinajstić information content (AvgIpc) is 2.56. The highest BCUT2D eigenvalue weighted by Gasteiger charge is 2.10. The van der Waals surface area contributed by atoms with Crippen molar-refractivity contribution in [3.8, 4) is 11.5 Å². The van der Waals surface area contributed by atoms with Crippen LogP contribution in [0.1, 0.15) is 36.8 Å². The van der Waals surface area contributed by atoms with E-state index >= 15 is 0 Å². The normalized spacial score (nSPS) is 10.6. The van der Waals surface area contributed by atoms with E-state index in [-0.39, 0.29) is 0 Å². The molecule has 0 radical (unpaired) electrons. The first kappa shape index (κ1) is 18.1. The number of hydrogen-bond acceptors (Lipinski definition) is 2. The molecule has 0 bridgehead atoms. The number of ether oxygens (including phenoxy) is 2. The summed E-state index contributed by atoms with van der Waals surface area (Å²) in [6, 6.07) is 8.57. The number of hydrogen-bond donors (Lipinski definition) is 0. The lowest BCUT2D eigenvalue weighted by molar-refractivity contribution is 0.312. The molecule has 2 heteroatoms. The summed E-state index contributed by atoms with van der Waals surface area (Å²) in [6.07, 6.45) is 7.76. The van der Waals surface area contributed by atoms with Crippen molar-refractivity contribution in [3.63, 3.8) is 0 Å². The Morgan fingerprint density at radius 2 is 1.17 bits per heavy atom. The van der Waals surface area contributed by atoms with Crippen molar-refractivity contribution in [2.24, 2.45) is 0 Å². The molecule has 0 atom stereocenters. The van der Waals surface area contributed by atoms with Crippen molar-refractivity contribution < 1.29 is 9.47 Å². The van der Waals surface area contributed by atoms with Crippen molar-refractivity contribution in [2.45, 2.75) is 39.5 Å². The third-order valence-electron chi connectivity index (χ3n) is 3.90. The zero-order chi connectivity index (χ0) is 17.4. The Hall–Kier alpha value is -2.22. The highest BCUT2D eigenvalue weighted by atomic mass is 16.5. The zero-order valence-corrected chi connectivity index (χ0v) is 14.9. The van der Waals surface area contributed by atoms with Crippen LogP contribution < -0.4 is 9.47 Å². The Labute approximate surface area is 145 Å². The number of rotatable bonds is 10. The Morgan fingerprint density at radius 1 is 0.750 bits per heavy atom. The van der Waals surface area contributed by atoms with Gasteiger partial charge in [-0.3, -0.25) is 0 Å². The largest absolute Gasteiger partial charge is 0.493 e. The highest BCUT2D eigenvalue weighted by Crippen LogP contribution is 2.35. The van der Waals surface area contributed by atoms with Gasteiger partial charge in [-0.15, -0.1) is 13.2 Å². The van der Waals surface area contributed by atoms with Crippen LogP contribution in [0.2, 0.25) is 0 Å². The molecule has 0 unspecified atom stereocenters. The first-order valence-corrected chi connectivity index (χ1v) is 8.68. The second-order valence-electron chi connectivity index (χ2n) is 6.18. The molecular formula is C22H28O2. The quantitative estimate of drug-likeness (QED) is 0.385. The van der Waals surface area contributed by atoms with Gasteiger partial charge in [0.25, 0.3) is 0 Å². The predicted octanol–water partition coefficient (Wildman–Crippen LogP) is 6.15. The van der Waals surface area contributed by atoms with Gasteiger partial charge in [0.1, 0.15) is 11.5 Å². The Balaban J connectivity index is 2.29.